The summed E-state index contributed by atoms with van der Waals surface area (Å²) in [6.07, 6.45) is 3.77. The lowest BCUT2D eigenvalue weighted by molar-refractivity contribution is 0.240. The van der Waals surface area contributed by atoms with Gasteiger partial charge in [-0.2, -0.15) is 0 Å². The molecule has 0 unspecified atom stereocenters. The van der Waals surface area contributed by atoms with Crippen molar-refractivity contribution >= 4 is 39.9 Å². The zero-order valence-corrected chi connectivity index (χ0v) is 23.4. The van der Waals surface area contributed by atoms with E-state index in [4.69, 9.17) is 0 Å². The average molecular weight is 519 g/mol. The molecule has 8 nitrogen and oxygen atoms in total. The van der Waals surface area contributed by atoms with Crippen molar-refractivity contribution in [2.75, 3.05) is 56.4 Å². The van der Waals surface area contributed by atoms with Crippen LogP contribution in [-0.2, 0) is 6.54 Å². The van der Waals surface area contributed by atoms with Crippen LogP contribution in [0.5, 0.6) is 0 Å². The van der Waals surface area contributed by atoms with Gasteiger partial charge in [0, 0.05) is 70.0 Å². The second kappa shape index (κ2) is 14.1. The molecule has 8 heteroatoms. The Hall–Kier alpha value is -3.94. The minimum absolute atomic E-state index is 0.146. The minimum atomic E-state index is -0.203. The Morgan fingerprint density at radius 1 is 0.684 bits per heavy atom. The van der Waals surface area contributed by atoms with Gasteiger partial charge in [0.15, 0.2) is 0 Å². The van der Waals surface area contributed by atoms with Crippen molar-refractivity contribution in [3.05, 3.63) is 65.7 Å². The molecule has 3 aromatic rings. The highest BCUT2D eigenvalue weighted by atomic mass is 16.2. The number of amides is 4. The van der Waals surface area contributed by atoms with E-state index in [0.29, 0.717) is 19.6 Å². The smallest absolute Gasteiger partial charge is 0.319 e. The van der Waals surface area contributed by atoms with E-state index in [0.717, 1.165) is 59.1 Å². The molecule has 0 saturated heterocycles. The molecule has 0 aliphatic carbocycles. The van der Waals surface area contributed by atoms with Crippen LogP contribution >= 0.6 is 0 Å². The Bertz CT molecular complexity index is 1190. The van der Waals surface area contributed by atoms with Crippen LogP contribution in [0.3, 0.4) is 0 Å². The monoisotopic (exact) mass is 518 g/mol. The fourth-order valence-corrected chi connectivity index (χ4v) is 4.35. The largest absolute Gasteiger partial charge is 0.377 e. The third kappa shape index (κ3) is 8.30. The maximum Gasteiger partial charge on any atom is 0.319 e. The number of rotatable bonds is 12. The normalized spacial score (nSPS) is 10.7. The highest BCUT2D eigenvalue weighted by molar-refractivity contribution is 6.11. The molecule has 3 aromatic carbocycles. The van der Waals surface area contributed by atoms with Crippen LogP contribution in [0.2, 0.25) is 0 Å². The quantitative estimate of drug-likeness (QED) is 0.240. The molecule has 3 rings (SSSR count). The first-order valence-electron chi connectivity index (χ1n) is 13.3. The van der Waals surface area contributed by atoms with Crippen molar-refractivity contribution in [1.29, 1.82) is 0 Å². The maximum absolute atomic E-state index is 12.6. The Morgan fingerprint density at radius 2 is 1.29 bits per heavy atom. The molecule has 4 N–H and O–H groups in total. The number of carbonyl (C=O) groups is 2. The van der Waals surface area contributed by atoms with Gasteiger partial charge in [-0.3, -0.25) is 0 Å². The van der Waals surface area contributed by atoms with Gasteiger partial charge >= 0.3 is 12.1 Å². The lowest BCUT2D eigenvalue weighted by Gasteiger charge is -2.23. The summed E-state index contributed by atoms with van der Waals surface area (Å²) in [6, 6.07) is 17.9. The first-order chi connectivity index (χ1) is 18.3. The van der Waals surface area contributed by atoms with Crippen molar-refractivity contribution in [1.82, 2.24) is 16.0 Å². The summed E-state index contributed by atoms with van der Waals surface area (Å²) in [5.74, 6) is 0. The van der Waals surface area contributed by atoms with Crippen LogP contribution in [0.1, 0.15) is 36.8 Å². The van der Waals surface area contributed by atoms with E-state index in [-0.39, 0.29) is 12.1 Å². The molecular formula is C30H42N6O2. The molecule has 0 radical (unpaired) electrons. The summed E-state index contributed by atoms with van der Waals surface area (Å²) in [7, 11) is 8.11. The number of nitrogens with zero attached hydrogens (tertiary/aromatic N) is 2. The van der Waals surface area contributed by atoms with Crippen molar-refractivity contribution in [3.63, 3.8) is 0 Å². The van der Waals surface area contributed by atoms with Crippen molar-refractivity contribution < 1.29 is 9.59 Å². The van der Waals surface area contributed by atoms with E-state index < -0.39 is 0 Å². The van der Waals surface area contributed by atoms with Gasteiger partial charge in [0.2, 0.25) is 0 Å². The number of carbonyl (C=O) groups excluding carboxylic acids is 2. The first-order valence-corrected chi connectivity index (χ1v) is 13.3. The van der Waals surface area contributed by atoms with Gasteiger partial charge in [-0.1, -0.05) is 54.8 Å². The fourth-order valence-electron chi connectivity index (χ4n) is 4.35. The average Bonchev–Trinajstić information content (AvgIpc) is 2.89. The van der Waals surface area contributed by atoms with E-state index in [1.165, 1.54) is 5.56 Å². The zero-order valence-electron chi connectivity index (χ0n) is 23.4. The van der Waals surface area contributed by atoms with Crippen molar-refractivity contribution in [2.45, 2.75) is 39.2 Å². The lowest BCUT2D eigenvalue weighted by Crippen LogP contribution is -2.35. The second-order valence-corrected chi connectivity index (χ2v) is 10.0. The zero-order chi connectivity index (χ0) is 27.5. The van der Waals surface area contributed by atoms with Crippen LogP contribution in [-0.4, -0.2) is 53.3 Å². The molecule has 0 aliphatic heterocycles. The first kappa shape index (κ1) is 28.6. The highest BCUT2D eigenvalue weighted by Crippen LogP contribution is 2.37. The Balaban J connectivity index is 1.35. The Labute approximate surface area is 226 Å². The van der Waals surface area contributed by atoms with Gasteiger partial charge < -0.3 is 31.1 Å². The predicted molar refractivity (Wildman–Crippen MR) is 160 cm³/mol. The molecule has 4 amide bonds. The van der Waals surface area contributed by atoms with E-state index in [1.807, 2.05) is 83.6 Å². The Morgan fingerprint density at radius 3 is 1.92 bits per heavy atom. The van der Waals surface area contributed by atoms with Gasteiger partial charge in [0.05, 0.1) is 5.69 Å². The van der Waals surface area contributed by atoms with Crippen molar-refractivity contribution in [2.24, 2.45) is 0 Å². The van der Waals surface area contributed by atoms with E-state index in [1.54, 1.807) is 0 Å². The number of benzene rings is 3. The third-order valence-electron chi connectivity index (χ3n) is 6.46. The molecule has 0 aromatic heterocycles. The number of aryl methyl sites for hydroxylation is 1. The van der Waals surface area contributed by atoms with Gasteiger partial charge in [-0.05, 0) is 43.5 Å². The number of urea groups is 2. The number of nitrogens with one attached hydrogen (secondary N) is 4. The molecule has 204 valence electrons. The van der Waals surface area contributed by atoms with E-state index >= 15 is 0 Å². The van der Waals surface area contributed by atoms with E-state index in [2.05, 4.69) is 37.1 Å². The van der Waals surface area contributed by atoms with Crippen LogP contribution in [0.25, 0.3) is 10.8 Å². The number of hydrogen-bond acceptors (Lipinski definition) is 4. The molecule has 0 atom stereocenters. The van der Waals surface area contributed by atoms with Crippen LogP contribution in [0.15, 0.2) is 54.6 Å². The van der Waals surface area contributed by atoms with Gasteiger partial charge in [0.1, 0.15) is 0 Å². The number of hydrogen-bond donors (Lipinski definition) is 4. The van der Waals surface area contributed by atoms with Crippen LogP contribution < -0.4 is 31.1 Å². The number of anilines is 3. The summed E-state index contributed by atoms with van der Waals surface area (Å²) >= 11 is 0. The molecule has 0 spiro atoms. The molecule has 0 saturated carbocycles. The molecular weight excluding hydrogens is 476 g/mol. The summed E-state index contributed by atoms with van der Waals surface area (Å²) in [5, 5.41) is 13.9. The topological polar surface area (TPSA) is 88.7 Å². The SMILES string of the molecule is Cc1ccc(CNC(=O)NCCCCCCNC(=O)Nc2ccc(N(C)C)c3c(N(C)C)cccc23)cc1. The summed E-state index contributed by atoms with van der Waals surface area (Å²) in [6.45, 7) is 3.81. The van der Waals surface area contributed by atoms with Crippen LogP contribution in [0.4, 0.5) is 26.7 Å². The highest BCUT2D eigenvalue weighted by Gasteiger charge is 2.14. The molecule has 0 bridgehead atoms. The molecule has 38 heavy (non-hydrogen) atoms. The van der Waals surface area contributed by atoms with E-state index in [9.17, 15) is 9.59 Å². The number of fused-ring (bicyclic) bond motifs is 1. The summed E-state index contributed by atoms with van der Waals surface area (Å²) < 4.78 is 0. The predicted octanol–water partition coefficient (Wildman–Crippen LogP) is 5.46. The second-order valence-electron chi connectivity index (χ2n) is 10.0. The van der Waals surface area contributed by atoms with Crippen molar-refractivity contribution in [3.8, 4) is 0 Å². The third-order valence-corrected chi connectivity index (χ3v) is 6.46. The van der Waals surface area contributed by atoms with Crippen LogP contribution in [0, 0.1) is 6.92 Å². The van der Waals surface area contributed by atoms with Gasteiger partial charge in [-0.25, -0.2) is 9.59 Å². The summed E-state index contributed by atoms with van der Waals surface area (Å²) in [4.78, 5) is 28.7. The fraction of sp³-hybridized carbons (Fsp3) is 0.400. The lowest BCUT2D eigenvalue weighted by atomic mass is 10.0. The summed E-state index contributed by atoms with van der Waals surface area (Å²) in [5.41, 5.74) is 5.29. The number of unbranched alkanes of at least 4 members (excludes halogenated alkanes) is 3. The Kier molecular flexibility index (Phi) is 10.6. The molecule has 0 fully saturated rings. The molecule has 0 heterocycles. The molecule has 0 aliphatic rings. The standard InChI is InChI=1S/C30H42N6O2/c1-22-13-15-23(16-14-22)21-33-29(37)31-19-8-6-7-9-20-32-30(38)34-25-17-18-27(36(4)5)28-24(25)11-10-12-26(28)35(2)3/h10-18H,6-9,19-21H2,1-5H3,(H2,31,33,37)(H2,32,34,38). The maximum atomic E-state index is 12.6. The minimum Gasteiger partial charge on any atom is -0.377 e. The van der Waals surface area contributed by atoms with Gasteiger partial charge in [0.25, 0.3) is 0 Å². The van der Waals surface area contributed by atoms with Gasteiger partial charge in [-0.15, -0.1) is 0 Å².